The van der Waals surface area contributed by atoms with Gasteiger partial charge in [0.25, 0.3) is 0 Å². The van der Waals surface area contributed by atoms with Gasteiger partial charge in [0.05, 0.1) is 11.5 Å². The van der Waals surface area contributed by atoms with E-state index in [0.29, 0.717) is 5.56 Å². The van der Waals surface area contributed by atoms with Crippen molar-refractivity contribution < 1.29 is 15.0 Å². The van der Waals surface area contributed by atoms with Crippen molar-refractivity contribution in [2.24, 2.45) is 5.41 Å². The van der Waals surface area contributed by atoms with Crippen LogP contribution in [-0.2, 0) is 4.79 Å². The zero-order valence-electron chi connectivity index (χ0n) is 9.49. The third-order valence-corrected chi connectivity index (χ3v) is 3.60. The lowest BCUT2D eigenvalue weighted by Crippen LogP contribution is -2.31. The summed E-state index contributed by atoms with van der Waals surface area (Å²) in [5, 5.41) is 19.1. The predicted molar refractivity (Wildman–Crippen MR) is 65.3 cm³/mol. The highest BCUT2D eigenvalue weighted by Crippen LogP contribution is 2.34. The predicted octanol–water partition coefficient (Wildman–Crippen LogP) is 2.90. The minimum atomic E-state index is -1.20. The van der Waals surface area contributed by atoms with Crippen LogP contribution in [0.3, 0.4) is 0 Å². The van der Waals surface area contributed by atoms with Crippen molar-refractivity contribution >= 4 is 21.9 Å². The van der Waals surface area contributed by atoms with E-state index in [1.54, 1.807) is 12.1 Å². The van der Waals surface area contributed by atoms with Crippen molar-refractivity contribution in [2.75, 3.05) is 0 Å². The second-order valence-electron chi connectivity index (χ2n) is 4.44. The number of carbonyl (C=O) groups is 1. The van der Waals surface area contributed by atoms with Crippen LogP contribution >= 0.6 is 15.9 Å². The molecule has 0 saturated heterocycles. The smallest absolute Gasteiger partial charge is 0.312 e. The molecule has 1 unspecified atom stereocenters. The van der Waals surface area contributed by atoms with E-state index in [0.717, 1.165) is 10.0 Å². The highest BCUT2D eigenvalue weighted by molar-refractivity contribution is 9.10. The molecule has 1 rings (SSSR count). The van der Waals surface area contributed by atoms with E-state index >= 15 is 0 Å². The molecule has 0 heterocycles. The molecule has 0 spiro atoms. The molecule has 3 nitrogen and oxygen atoms in total. The van der Waals surface area contributed by atoms with E-state index in [1.807, 2.05) is 13.0 Å². The number of aryl methyl sites for hydroxylation is 1. The first kappa shape index (κ1) is 13.2. The van der Waals surface area contributed by atoms with Crippen LogP contribution in [0.15, 0.2) is 22.7 Å². The van der Waals surface area contributed by atoms with Crippen LogP contribution in [0, 0.1) is 12.3 Å². The Hall–Kier alpha value is -0.870. The Morgan fingerprint density at radius 1 is 1.44 bits per heavy atom. The van der Waals surface area contributed by atoms with Crippen LogP contribution in [-0.4, -0.2) is 16.2 Å². The number of aliphatic hydroxyl groups is 1. The first-order valence-electron chi connectivity index (χ1n) is 4.94. The molecular weight excluding hydrogens is 272 g/mol. The van der Waals surface area contributed by atoms with Gasteiger partial charge in [0.15, 0.2) is 0 Å². The number of carboxylic acid groups (broad SMARTS) is 1. The number of hydrogen-bond donors (Lipinski definition) is 2. The average molecular weight is 287 g/mol. The summed E-state index contributed by atoms with van der Waals surface area (Å²) in [5.41, 5.74) is 0.447. The van der Waals surface area contributed by atoms with Crippen LogP contribution in [0.5, 0.6) is 0 Å². The number of aliphatic hydroxyl groups excluding tert-OH is 1. The van der Waals surface area contributed by atoms with Gasteiger partial charge in [-0.15, -0.1) is 0 Å². The SMILES string of the molecule is Cc1ccc(C(O)C(C)(C)C(=O)O)cc1Br. The summed E-state index contributed by atoms with van der Waals surface area (Å²) in [5.74, 6) is -1.02. The molecule has 0 radical (unpaired) electrons. The van der Waals surface area contributed by atoms with Gasteiger partial charge in [-0.2, -0.15) is 0 Å². The van der Waals surface area contributed by atoms with E-state index in [1.165, 1.54) is 13.8 Å². The lowest BCUT2D eigenvalue weighted by atomic mass is 9.82. The van der Waals surface area contributed by atoms with Crippen LogP contribution < -0.4 is 0 Å². The molecule has 0 amide bonds. The maximum atomic E-state index is 11.0. The summed E-state index contributed by atoms with van der Waals surface area (Å²) in [6.45, 7) is 4.95. The zero-order valence-corrected chi connectivity index (χ0v) is 11.1. The molecule has 0 aromatic heterocycles. The standard InChI is InChI=1S/C12H15BrO3/c1-7-4-5-8(6-9(7)13)10(14)12(2,3)11(15)16/h4-6,10,14H,1-3H3,(H,15,16). The van der Waals surface area contributed by atoms with Gasteiger partial charge in [-0.05, 0) is 38.0 Å². The Bertz CT molecular complexity index is 413. The fraction of sp³-hybridized carbons (Fsp3) is 0.417. The van der Waals surface area contributed by atoms with Crippen molar-refractivity contribution in [2.45, 2.75) is 26.9 Å². The number of hydrogen-bond acceptors (Lipinski definition) is 2. The maximum absolute atomic E-state index is 11.0. The lowest BCUT2D eigenvalue weighted by molar-refractivity contribution is -0.153. The van der Waals surface area contributed by atoms with Gasteiger partial charge in [0.1, 0.15) is 0 Å². The Kier molecular flexibility index (Phi) is 3.76. The minimum Gasteiger partial charge on any atom is -0.481 e. The molecule has 0 aliphatic rings. The molecule has 0 fully saturated rings. The van der Waals surface area contributed by atoms with Gasteiger partial charge in [-0.3, -0.25) is 4.79 Å². The first-order valence-corrected chi connectivity index (χ1v) is 5.73. The van der Waals surface area contributed by atoms with Crippen LogP contribution in [0.1, 0.15) is 31.1 Å². The second kappa shape index (κ2) is 4.55. The summed E-state index contributed by atoms with van der Waals surface area (Å²) in [4.78, 5) is 11.0. The van der Waals surface area contributed by atoms with Gasteiger partial charge < -0.3 is 10.2 Å². The average Bonchev–Trinajstić information content (AvgIpc) is 2.20. The van der Waals surface area contributed by atoms with E-state index in [9.17, 15) is 9.90 Å². The molecular formula is C12H15BrO3. The topological polar surface area (TPSA) is 57.5 Å². The van der Waals surface area contributed by atoms with Gasteiger partial charge >= 0.3 is 5.97 Å². The molecule has 4 heteroatoms. The number of halogens is 1. The molecule has 2 N–H and O–H groups in total. The Morgan fingerprint density at radius 2 is 2.00 bits per heavy atom. The Morgan fingerprint density at radius 3 is 2.44 bits per heavy atom. The maximum Gasteiger partial charge on any atom is 0.312 e. The molecule has 0 saturated carbocycles. The number of aliphatic carboxylic acids is 1. The molecule has 0 bridgehead atoms. The molecule has 16 heavy (non-hydrogen) atoms. The molecule has 1 aromatic carbocycles. The normalized spacial score (nSPS) is 13.6. The summed E-state index contributed by atoms with van der Waals surface area (Å²) in [7, 11) is 0. The number of benzene rings is 1. The van der Waals surface area contributed by atoms with Crippen molar-refractivity contribution in [1.29, 1.82) is 0 Å². The summed E-state index contributed by atoms with van der Waals surface area (Å²) in [6, 6.07) is 5.35. The van der Waals surface area contributed by atoms with Crippen molar-refractivity contribution in [3.63, 3.8) is 0 Å². The van der Waals surface area contributed by atoms with E-state index in [4.69, 9.17) is 5.11 Å². The monoisotopic (exact) mass is 286 g/mol. The van der Waals surface area contributed by atoms with E-state index < -0.39 is 17.5 Å². The Labute approximate surface area is 103 Å². The third kappa shape index (κ3) is 2.44. The van der Waals surface area contributed by atoms with Crippen LogP contribution in [0.4, 0.5) is 0 Å². The van der Waals surface area contributed by atoms with Gasteiger partial charge in [-0.25, -0.2) is 0 Å². The molecule has 1 atom stereocenters. The minimum absolute atomic E-state index is 0.602. The zero-order chi connectivity index (χ0) is 12.5. The fourth-order valence-corrected chi connectivity index (χ4v) is 1.71. The molecule has 0 aliphatic heterocycles. The molecule has 88 valence electrons. The molecule has 1 aromatic rings. The van der Waals surface area contributed by atoms with Crippen molar-refractivity contribution in [3.05, 3.63) is 33.8 Å². The number of rotatable bonds is 3. The summed E-state index contributed by atoms with van der Waals surface area (Å²) < 4.78 is 0.866. The fourth-order valence-electron chi connectivity index (χ4n) is 1.31. The summed E-state index contributed by atoms with van der Waals surface area (Å²) in [6.07, 6.45) is -1.03. The second-order valence-corrected chi connectivity index (χ2v) is 5.29. The third-order valence-electron chi connectivity index (χ3n) is 2.75. The van der Waals surface area contributed by atoms with Crippen molar-refractivity contribution in [1.82, 2.24) is 0 Å². The van der Waals surface area contributed by atoms with Crippen molar-refractivity contribution in [3.8, 4) is 0 Å². The van der Waals surface area contributed by atoms with Gasteiger partial charge in [0, 0.05) is 4.47 Å². The molecule has 0 aliphatic carbocycles. The highest BCUT2D eigenvalue weighted by atomic mass is 79.9. The Balaban J connectivity index is 3.10. The van der Waals surface area contributed by atoms with Crippen LogP contribution in [0.2, 0.25) is 0 Å². The van der Waals surface area contributed by atoms with Crippen LogP contribution in [0.25, 0.3) is 0 Å². The highest BCUT2D eigenvalue weighted by Gasteiger charge is 2.36. The quantitative estimate of drug-likeness (QED) is 0.898. The lowest BCUT2D eigenvalue weighted by Gasteiger charge is -2.26. The first-order chi connectivity index (χ1) is 7.26. The van der Waals surface area contributed by atoms with Gasteiger partial charge in [-0.1, -0.05) is 28.1 Å². The van der Waals surface area contributed by atoms with E-state index in [-0.39, 0.29) is 0 Å². The van der Waals surface area contributed by atoms with E-state index in [2.05, 4.69) is 15.9 Å². The largest absolute Gasteiger partial charge is 0.481 e. The number of carboxylic acids is 1. The van der Waals surface area contributed by atoms with Gasteiger partial charge in [0.2, 0.25) is 0 Å². The summed E-state index contributed by atoms with van der Waals surface area (Å²) >= 11 is 3.36.